The van der Waals surface area contributed by atoms with Crippen molar-refractivity contribution in [1.29, 1.82) is 0 Å². The molecule has 9 nitrogen and oxygen atoms in total. The zero-order valence-electron chi connectivity index (χ0n) is 22.6. The minimum absolute atomic E-state index is 0.0309. The molecule has 0 spiro atoms. The maximum absolute atomic E-state index is 13.5. The van der Waals surface area contributed by atoms with Crippen molar-refractivity contribution in [3.05, 3.63) is 99.5 Å². The summed E-state index contributed by atoms with van der Waals surface area (Å²) in [5.74, 6) is -2.25. The lowest BCUT2D eigenvalue weighted by molar-refractivity contribution is -0.141. The van der Waals surface area contributed by atoms with Gasteiger partial charge in [0.05, 0.1) is 23.6 Å². The molecule has 1 amide bonds. The number of furan rings is 1. The van der Waals surface area contributed by atoms with Gasteiger partial charge in [0, 0.05) is 34.5 Å². The van der Waals surface area contributed by atoms with E-state index in [4.69, 9.17) is 8.83 Å². The van der Waals surface area contributed by atoms with Crippen LogP contribution in [-0.2, 0) is 22.4 Å². The fraction of sp³-hybridized carbons (Fsp3) is 0.156. The largest absolute Gasteiger partial charge is 0.508 e. The van der Waals surface area contributed by atoms with Gasteiger partial charge in [0.2, 0.25) is 5.91 Å². The summed E-state index contributed by atoms with van der Waals surface area (Å²) in [6.07, 6.45) is 2.73. The zero-order valence-corrected chi connectivity index (χ0v) is 22.6. The highest BCUT2D eigenvalue weighted by atomic mass is 19.1. The molecule has 3 aromatic carbocycles. The van der Waals surface area contributed by atoms with Gasteiger partial charge in [-0.25, -0.2) is 14.0 Å². The van der Waals surface area contributed by atoms with Crippen molar-refractivity contribution in [2.24, 2.45) is 0 Å². The fourth-order valence-electron chi connectivity index (χ4n) is 5.50. The molecule has 4 N–H and O–H groups in total. The van der Waals surface area contributed by atoms with Gasteiger partial charge in [0.1, 0.15) is 28.8 Å². The summed E-state index contributed by atoms with van der Waals surface area (Å²) in [5, 5.41) is 24.1. The maximum Gasteiger partial charge on any atom is 0.340 e. The molecule has 3 aromatic heterocycles. The van der Waals surface area contributed by atoms with E-state index in [9.17, 15) is 29.0 Å². The number of benzene rings is 3. The van der Waals surface area contributed by atoms with Crippen LogP contribution in [0.1, 0.15) is 22.3 Å². The molecule has 6 rings (SSSR count). The number of carboxylic acids is 1. The van der Waals surface area contributed by atoms with E-state index in [1.54, 1.807) is 43.6 Å². The van der Waals surface area contributed by atoms with E-state index in [1.807, 2.05) is 6.92 Å². The second kappa shape index (κ2) is 10.2. The summed E-state index contributed by atoms with van der Waals surface area (Å²) in [6, 6.07) is 11.1. The van der Waals surface area contributed by atoms with Crippen LogP contribution in [0.2, 0.25) is 0 Å². The van der Waals surface area contributed by atoms with E-state index in [-0.39, 0.29) is 29.1 Å². The Labute approximate surface area is 237 Å². The number of phenolic OH excluding ortho intramolecular Hbond substituents is 1. The van der Waals surface area contributed by atoms with E-state index in [0.717, 1.165) is 22.1 Å². The number of hydrogen-bond acceptors (Lipinski definition) is 6. The molecule has 0 saturated heterocycles. The summed E-state index contributed by atoms with van der Waals surface area (Å²) in [4.78, 5) is 41.2. The van der Waals surface area contributed by atoms with Crippen LogP contribution in [0, 0.1) is 19.7 Å². The minimum atomic E-state index is -1.29. The molecule has 42 heavy (non-hydrogen) atoms. The summed E-state index contributed by atoms with van der Waals surface area (Å²) < 4.78 is 25.1. The van der Waals surface area contributed by atoms with Gasteiger partial charge in [-0.15, -0.1) is 0 Å². The molecule has 1 atom stereocenters. The third kappa shape index (κ3) is 4.66. The lowest BCUT2D eigenvalue weighted by Crippen LogP contribution is -2.43. The van der Waals surface area contributed by atoms with Crippen molar-refractivity contribution in [1.82, 2.24) is 10.3 Å². The summed E-state index contributed by atoms with van der Waals surface area (Å²) >= 11 is 0. The zero-order chi connectivity index (χ0) is 29.7. The van der Waals surface area contributed by atoms with E-state index in [0.29, 0.717) is 33.0 Å². The topological polar surface area (TPSA) is 146 Å². The Bertz CT molecular complexity index is 2090. The van der Waals surface area contributed by atoms with Crippen LogP contribution in [0.3, 0.4) is 0 Å². The lowest BCUT2D eigenvalue weighted by atomic mass is 9.96. The molecule has 0 fully saturated rings. The number of rotatable bonds is 7. The molecule has 0 radical (unpaired) electrons. The molecule has 1 unspecified atom stereocenters. The van der Waals surface area contributed by atoms with Crippen LogP contribution in [0.5, 0.6) is 5.75 Å². The normalized spacial score (nSPS) is 12.3. The molecule has 0 bridgehead atoms. The van der Waals surface area contributed by atoms with Gasteiger partial charge in [-0.05, 0) is 72.5 Å². The minimum Gasteiger partial charge on any atom is -0.508 e. The van der Waals surface area contributed by atoms with E-state index < -0.39 is 30.0 Å². The number of hydrogen-bond donors (Lipinski definition) is 4. The Kier molecular flexibility index (Phi) is 6.53. The van der Waals surface area contributed by atoms with Crippen LogP contribution in [0.25, 0.3) is 44.0 Å². The number of carbonyl (C=O) groups excluding carboxylic acids is 1. The van der Waals surface area contributed by atoms with Crippen LogP contribution < -0.4 is 10.9 Å². The predicted molar refractivity (Wildman–Crippen MR) is 154 cm³/mol. The van der Waals surface area contributed by atoms with Crippen LogP contribution in [0.4, 0.5) is 4.39 Å². The Morgan fingerprint density at radius 3 is 2.57 bits per heavy atom. The number of aryl methyl sites for hydroxylation is 2. The van der Waals surface area contributed by atoms with E-state index in [2.05, 4.69) is 10.3 Å². The van der Waals surface area contributed by atoms with Crippen LogP contribution in [0.15, 0.2) is 74.6 Å². The number of fused-ring (bicyclic) bond motifs is 4. The number of carboxylic acid groups (broad SMARTS) is 1. The number of H-pyrrole nitrogens is 1. The predicted octanol–water partition coefficient (Wildman–Crippen LogP) is 5.50. The molecule has 0 saturated carbocycles. The highest BCUT2D eigenvalue weighted by Gasteiger charge is 2.25. The van der Waals surface area contributed by atoms with E-state index in [1.165, 1.54) is 24.3 Å². The molecule has 0 aliphatic heterocycles. The second-order valence-electron chi connectivity index (χ2n) is 10.3. The number of carbonyl (C=O) groups is 2. The Morgan fingerprint density at radius 1 is 1.07 bits per heavy atom. The number of nitrogens with one attached hydrogen (secondary N) is 2. The molecule has 0 aliphatic rings. The SMILES string of the molecule is Cc1cc2oc(=O)c(CC(=O)NC(Cc3c[nH]c4ccc(O)cc34)C(=O)O)c(C)c2c2occ(-c3ccc(F)cc3)c12. The smallest absolute Gasteiger partial charge is 0.340 e. The van der Waals surface area contributed by atoms with Gasteiger partial charge in [0.25, 0.3) is 0 Å². The van der Waals surface area contributed by atoms with Crippen molar-refractivity contribution in [2.45, 2.75) is 32.7 Å². The number of aromatic amines is 1. The highest BCUT2D eigenvalue weighted by Crippen LogP contribution is 2.39. The first-order valence-electron chi connectivity index (χ1n) is 13.1. The van der Waals surface area contributed by atoms with Crippen molar-refractivity contribution < 1.29 is 33.0 Å². The summed E-state index contributed by atoms with van der Waals surface area (Å²) in [5.41, 5.74) is 4.17. The van der Waals surface area contributed by atoms with Gasteiger partial charge in [-0.2, -0.15) is 0 Å². The average Bonchev–Trinajstić information content (AvgIpc) is 3.56. The number of phenols is 1. The van der Waals surface area contributed by atoms with Crippen LogP contribution >= 0.6 is 0 Å². The van der Waals surface area contributed by atoms with Gasteiger partial charge in [-0.1, -0.05) is 12.1 Å². The van der Waals surface area contributed by atoms with Crippen molar-refractivity contribution in [3.63, 3.8) is 0 Å². The third-order valence-corrected chi connectivity index (χ3v) is 7.58. The number of aromatic nitrogens is 1. The Hall–Kier alpha value is -5.38. The molecule has 10 heteroatoms. The van der Waals surface area contributed by atoms with Gasteiger partial charge in [-0.3, -0.25) is 4.79 Å². The third-order valence-electron chi connectivity index (χ3n) is 7.58. The van der Waals surface area contributed by atoms with Crippen molar-refractivity contribution >= 4 is 44.7 Å². The van der Waals surface area contributed by atoms with Gasteiger partial charge < -0.3 is 29.3 Å². The number of aliphatic carboxylic acids is 1. The first-order chi connectivity index (χ1) is 20.1. The number of aromatic hydroxyl groups is 1. The van der Waals surface area contributed by atoms with Gasteiger partial charge >= 0.3 is 11.6 Å². The number of halogens is 1. The average molecular weight is 569 g/mol. The highest BCUT2D eigenvalue weighted by molar-refractivity contribution is 6.11. The monoisotopic (exact) mass is 568 g/mol. The van der Waals surface area contributed by atoms with Gasteiger partial charge in [0.15, 0.2) is 0 Å². The Morgan fingerprint density at radius 2 is 1.83 bits per heavy atom. The van der Waals surface area contributed by atoms with Crippen LogP contribution in [-0.4, -0.2) is 33.1 Å². The summed E-state index contributed by atoms with van der Waals surface area (Å²) in [6.45, 7) is 3.53. The first-order valence-corrected chi connectivity index (χ1v) is 13.1. The molecular weight excluding hydrogens is 543 g/mol. The maximum atomic E-state index is 13.5. The molecular formula is C32H25FN2O7. The molecule has 0 aliphatic carbocycles. The molecule has 3 heterocycles. The second-order valence-corrected chi connectivity index (χ2v) is 10.3. The van der Waals surface area contributed by atoms with E-state index >= 15 is 0 Å². The first kappa shape index (κ1) is 26.8. The summed E-state index contributed by atoms with van der Waals surface area (Å²) in [7, 11) is 0. The van der Waals surface area contributed by atoms with Crippen molar-refractivity contribution in [3.8, 4) is 16.9 Å². The Balaban J connectivity index is 1.33. The fourth-order valence-corrected chi connectivity index (χ4v) is 5.50. The molecule has 212 valence electrons. The molecule has 6 aromatic rings. The lowest BCUT2D eigenvalue weighted by Gasteiger charge is -2.15. The quantitative estimate of drug-likeness (QED) is 0.186. The standard InChI is InChI=1S/C32H25FN2O7/c1-15-9-26-29(30-28(15)23(14-41-30)17-3-5-19(33)6-4-17)16(2)21(32(40)42-26)12-27(37)35-25(31(38)39)10-18-13-34-24-8-7-20(36)11-22(18)24/h3-9,11,13-14,25,34,36H,10,12H2,1-2H3,(H,35,37)(H,38,39). The van der Waals surface area contributed by atoms with Crippen molar-refractivity contribution in [2.75, 3.05) is 0 Å². The number of amides is 1.